The van der Waals surface area contributed by atoms with Gasteiger partial charge in [0.25, 0.3) is 0 Å². The molecule has 1 aliphatic rings. The summed E-state index contributed by atoms with van der Waals surface area (Å²) in [7, 11) is 0. The summed E-state index contributed by atoms with van der Waals surface area (Å²) in [6, 6.07) is 0. The number of nitrogens with one attached hydrogen (secondary N) is 1. The Labute approximate surface area is 146 Å². The van der Waals surface area contributed by atoms with Gasteiger partial charge in [-0.1, -0.05) is 51.1 Å². The van der Waals surface area contributed by atoms with Crippen molar-refractivity contribution in [1.82, 2.24) is 5.32 Å². The lowest BCUT2D eigenvalue weighted by atomic mass is 9.81. The van der Waals surface area contributed by atoms with Gasteiger partial charge in [-0.2, -0.15) is 0 Å². The van der Waals surface area contributed by atoms with Crippen molar-refractivity contribution in [2.24, 2.45) is 11.3 Å². The summed E-state index contributed by atoms with van der Waals surface area (Å²) in [6.45, 7) is 14.2. The quantitative estimate of drug-likeness (QED) is 0.741. The second-order valence-corrected chi connectivity index (χ2v) is 10.7. The molecule has 1 amide bonds. The van der Waals surface area contributed by atoms with Gasteiger partial charge in [0.15, 0.2) is 5.12 Å². The standard InChI is InChI=1S/C19H33NO2S/c1-17(2,3)20-15(21)14-10-8-12-19(7,13-9-11-14)16(22)23-18(4,5)6/h8,12,14H,9-11,13H2,1-7H3,(H,20,21)/b12-8+. The summed E-state index contributed by atoms with van der Waals surface area (Å²) in [5.41, 5.74) is -0.611. The minimum absolute atomic E-state index is 0.0143. The molecule has 0 spiro atoms. The van der Waals surface area contributed by atoms with Gasteiger partial charge in [-0.15, -0.1) is 0 Å². The van der Waals surface area contributed by atoms with Crippen LogP contribution in [-0.2, 0) is 9.59 Å². The SMILES string of the molecule is CC(C)(C)NC(=O)C1C/C=C/C(C)(C(=O)SC(C)(C)C)CCC1. The number of hydrogen-bond acceptors (Lipinski definition) is 3. The van der Waals surface area contributed by atoms with Gasteiger partial charge in [-0.05, 0) is 47.0 Å². The van der Waals surface area contributed by atoms with Gasteiger partial charge in [-0.25, -0.2) is 0 Å². The summed E-state index contributed by atoms with van der Waals surface area (Å²) in [6.07, 6.45) is 7.34. The lowest BCUT2D eigenvalue weighted by Crippen LogP contribution is -2.44. The van der Waals surface area contributed by atoms with Gasteiger partial charge in [0.2, 0.25) is 5.91 Å². The summed E-state index contributed by atoms with van der Waals surface area (Å²) >= 11 is 1.42. The first-order valence-corrected chi connectivity index (χ1v) is 9.37. The van der Waals surface area contributed by atoms with Crippen LogP contribution in [0.2, 0.25) is 0 Å². The zero-order chi connectivity index (χ0) is 17.9. The van der Waals surface area contributed by atoms with E-state index in [0.29, 0.717) is 6.42 Å². The summed E-state index contributed by atoms with van der Waals surface area (Å²) < 4.78 is -0.0641. The number of rotatable bonds is 2. The van der Waals surface area contributed by atoms with Crippen LogP contribution in [0.1, 0.15) is 74.1 Å². The van der Waals surface area contributed by atoms with E-state index in [-0.39, 0.29) is 27.2 Å². The molecule has 0 aromatic rings. The van der Waals surface area contributed by atoms with Gasteiger partial charge in [0.1, 0.15) is 0 Å². The van der Waals surface area contributed by atoms with E-state index in [1.165, 1.54) is 11.8 Å². The Hall–Kier alpha value is -0.770. The van der Waals surface area contributed by atoms with Crippen LogP contribution in [0, 0.1) is 11.3 Å². The first-order chi connectivity index (χ1) is 10.3. The highest BCUT2D eigenvalue weighted by atomic mass is 32.2. The molecule has 1 rings (SSSR count). The molecule has 0 aromatic heterocycles. The third kappa shape index (κ3) is 7.11. The Morgan fingerprint density at radius 2 is 1.78 bits per heavy atom. The minimum atomic E-state index is -0.413. The number of amides is 1. The van der Waals surface area contributed by atoms with Crippen molar-refractivity contribution in [2.75, 3.05) is 0 Å². The fraction of sp³-hybridized carbons (Fsp3) is 0.789. The molecule has 0 saturated carbocycles. The van der Waals surface area contributed by atoms with Crippen molar-refractivity contribution in [3.05, 3.63) is 12.2 Å². The Kier molecular flexibility index (Phi) is 6.54. The van der Waals surface area contributed by atoms with Crippen molar-refractivity contribution in [2.45, 2.75) is 84.4 Å². The van der Waals surface area contributed by atoms with Crippen molar-refractivity contribution in [3.63, 3.8) is 0 Å². The average Bonchev–Trinajstić information content (AvgIpc) is 2.29. The third-order valence-electron chi connectivity index (χ3n) is 3.89. The molecule has 0 fully saturated rings. The monoisotopic (exact) mass is 339 g/mol. The Morgan fingerprint density at radius 3 is 2.30 bits per heavy atom. The van der Waals surface area contributed by atoms with Crippen molar-refractivity contribution in [1.29, 1.82) is 0 Å². The minimum Gasteiger partial charge on any atom is -0.351 e. The molecule has 132 valence electrons. The van der Waals surface area contributed by atoms with Crippen LogP contribution in [0.4, 0.5) is 0 Å². The maximum absolute atomic E-state index is 12.6. The smallest absolute Gasteiger partial charge is 0.223 e. The fourth-order valence-electron chi connectivity index (χ4n) is 2.68. The number of thioether (sulfide) groups is 1. The summed E-state index contributed by atoms with van der Waals surface area (Å²) in [5.74, 6) is 0.140. The maximum Gasteiger partial charge on any atom is 0.223 e. The van der Waals surface area contributed by atoms with Crippen LogP contribution in [0.5, 0.6) is 0 Å². The molecule has 23 heavy (non-hydrogen) atoms. The molecular weight excluding hydrogens is 306 g/mol. The molecule has 0 bridgehead atoms. The largest absolute Gasteiger partial charge is 0.351 e. The van der Waals surface area contributed by atoms with E-state index in [1.54, 1.807) is 0 Å². The predicted octanol–water partition coefficient (Wildman–Crippen LogP) is 4.71. The van der Waals surface area contributed by atoms with Crippen LogP contribution in [-0.4, -0.2) is 21.3 Å². The van der Waals surface area contributed by atoms with Gasteiger partial charge < -0.3 is 5.32 Å². The van der Waals surface area contributed by atoms with Crippen LogP contribution in [0.15, 0.2) is 12.2 Å². The van der Waals surface area contributed by atoms with Crippen molar-refractivity contribution < 1.29 is 9.59 Å². The lowest BCUT2D eigenvalue weighted by Gasteiger charge is -2.31. The van der Waals surface area contributed by atoms with E-state index >= 15 is 0 Å². The third-order valence-corrected chi connectivity index (χ3v) is 5.15. The molecule has 4 heteroatoms. The maximum atomic E-state index is 12.6. The molecular formula is C19H33NO2S. The van der Waals surface area contributed by atoms with Gasteiger partial charge in [-0.3, -0.25) is 9.59 Å². The highest BCUT2D eigenvalue weighted by Gasteiger charge is 2.35. The highest BCUT2D eigenvalue weighted by molar-refractivity contribution is 8.14. The summed E-state index contributed by atoms with van der Waals surface area (Å²) in [4.78, 5) is 25.0. The number of carbonyl (C=O) groups is 2. The van der Waals surface area contributed by atoms with Crippen LogP contribution in [0.3, 0.4) is 0 Å². The summed E-state index contributed by atoms with van der Waals surface area (Å²) in [5, 5.41) is 3.30. The average molecular weight is 340 g/mol. The number of allylic oxidation sites excluding steroid dienone is 2. The fourth-order valence-corrected chi connectivity index (χ4v) is 3.64. The van der Waals surface area contributed by atoms with Gasteiger partial charge >= 0.3 is 0 Å². The Balaban J connectivity index is 2.75. The molecule has 0 heterocycles. The molecule has 0 aliphatic heterocycles. The first-order valence-electron chi connectivity index (χ1n) is 8.56. The van der Waals surface area contributed by atoms with Gasteiger partial charge in [0, 0.05) is 16.2 Å². The van der Waals surface area contributed by atoms with E-state index < -0.39 is 5.41 Å². The van der Waals surface area contributed by atoms with Gasteiger partial charge in [0.05, 0.1) is 5.41 Å². The molecule has 3 nitrogen and oxygen atoms in total. The van der Waals surface area contributed by atoms with E-state index in [9.17, 15) is 9.59 Å². The molecule has 1 aliphatic carbocycles. The first kappa shape index (κ1) is 20.3. The molecule has 0 radical (unpaired) electrons. The predicted molar refractivity (Wildman–Crippen MR) is 99.5 cm³/mol. The normalized spacial score (nSPS) is 27.7. The zero-order valence-electron chi connectivity index (χ0n) is 15.8. The van der Waals surface area contributed by atoms with E-state index in [1.807, 2.05) is 39.8 Å². The molecule has 2 unspecified atom stereocenters. The van der Waals surface area contributed by atoms with Crippen LogP contribution < -0.4 is 5.32 Å². The zero-order valence-corrected chi connectivity index (χ0v) is 16.6. The van der Waals surface area contributed by atoms with Crippen LogP contribution >= 0.6 is 11.8 Å². The van der Waals surface area contributed by atoms with E-state index in [2.05, 4.69) is 26.1 Å². The van der Waals surface area contributed by atoms with E-state index in [0.717, 1.165) is 19.3 Å². The van der Waals surface area contributed by atoms with E-state index in [4.69, 9.17) is 0 Å². The molecule has 0 saturated heterocycles. The second-order valence-electron chi connectivity index (χ2n) is 8.89. The van der Waals surface area contributed by atoms with Crippen LogP contribution in [0.25, 0.3) is 0 Å². The van der Waals surface area contributed by atoms with Crippen molar-refractivity contribution in [3.8, 4) is 0 Å². The number of carbonyl (C=O) groups excluding carboxylic acids is 2. The molecule has 1 N–H and O–H groups in total. The second kappa shape index (κ2) is 7.42. The number of hydrogen-bond donors (Lipinski definition) is 1. The highest BCUT2D eigenvalue weighted by Crippen LogP contribution is 2.39. The van der Waals surface area contributed by atoms with Crippen molar-refractivity contribution >= 4 is 22.8 Å². The Bertz CT molecular complexity index is 471. The molecule has 0 aromatic carbocycles. The molecule has 2 atom stereocenters. The lowest BCUT2D eigenvalue weighted by molar-refractivity contribution is -0.126. The Morgan fingerprint density at radius 1 is 1.17 bits per heavy atom. The topological polar surface area (TPSA) is 46.2 Å².